The van der Waals surface area contributed by atoms with Crippen LogP contribution >= 0.6 is 0 Å². The fraction of sp³-hybridized carbons (Fsp3) is 0.238. The van der Waals surface area contributed by atoms with E-state index in [-0.39, 0.29) is 18.3 Å². The van der Waals surface area contributed by atoms with Gasteiger partial charge in [0.25, 0.3) is 0 Å². The van der Waals surface area contributed by atoms with Crippen LogP contribution in [0.4, 0.5) is 15.9 Å². The molecule has 1 aliphatic rings. The molecule has 30 heavy (non-hydrogen) atoms. The number of aromatic nitrogens is 2. The average molecular weight is 410 g/mol. The topological polar surface area (TPSA) is 103 Å². The molecule has 0 unspecified atom stereocenters. The SMILES string of the molecule is COc1ccc(-c2nc3n(c2N(N)c2ccc(F)cc2)CCN(C(=O)CN)C3)cc1. The van der Waals surface area contributed by atoms with Crippen molar-refractivity contribution in [1.29, 1.82) is 0 Å². The number of hydrogen-bond acceptors (Lipinski definition) is 6. The lowest BCUT2D eigenvalue weighted by Crippen LogP contribution is -2.42. The Morgan fingerprint density at radius 2 is 1.87 bits per heavy atom. The van der Waals surface area contributed by atoms with Gasteiger partial charge in [-0.2, -0.15) is 0 Å². The molecule has 0 saturated heterocycles. The van der Waals surface area contributed by atoms with Crippen LogP contribution in [-0.2, 0) is 17.9 Å². The molecule has 4 N–H and O–H groups in total. The van der Waals surface area contributed by atoms with Gasteiger partial charge in [0.1, 0.15) is 23.1 Å². The van der Waals surface area contributed by atoms with Crippen molar-refractivity contribution in [3.8, 4) is 17.0 Å². The van der Waals surface area contributed by atoms with Crippen molar-refractivity contribution in [1.82, 2.24) is 14.5 Å². The number of amides is 1. The zero-order chi connectivity index (χ0) is 21.3. The molecule has 0 saturated carbocycles. The number of halogens is 1. The smallest absolute Gasteiger partial charge is 0.236 e. The first-order valence-electron chi connectivity index (χ1n) is 9.54. The standard InChI is InChI=1S/C21H23FN6O2/c1-30-17-8-2-14(3-9-17)20-21(28(24)16-6-4-15(22)5-7-16)27-11-10-26(19(29)12-23)13-18(27)25-20/h2-9H,10-13,23-24H2,1H3. The van der Waals surface area contributed by atoms with Crippen LogP contribution in [0, 0.1) is 5.82 Å². The van der Waals surface area contributed by atoms with Crippen LogP contribution < -0.4 is 21.3 Å². The van der Waals surface area contributed by atoms with Gasteiger partial charge in [0.15, 0.2) is 5.82 Å². The number of methoxy groups -OCH3 is 1. The van der Waals surface area contributed by atoms with Crippen LogP contribution in [0.1, 0.15) is 5.82 Å². The van der Waals surface area contributed by atoms with Gasteiger partial charge < -0.3 is 19.9 Å². The van der Waals surface area contributed by atoms with Gasteiger partial charge in [0.05, 0.1) is 25.9 Å². The quantitative estimate of drug-likeness (QED) is 0.493. The molecule has 4 rings (SSSR count). The summed E-state index contributed by atoms with van der Waals surface area (Å²) in [6.45, 7) is 1.33. The number of hydrogen-bond donors (Lipinski definition) is 2. The molecule has 0 atom stereocenters. The van der Waals surface area contributed by atoms with Gasteiger partial charge in [-0.05, 0) is 48.5 Å². The summed E-state index contributed by atoms with van der Waals surface area (Å²) in [4.78, 5) is 18.6. The molecule has 1 aliphatic heterocycles. The average Bonchev–Trinajstić information content (AvgIpc) is 3.17. The van der Waals surface area contributed by atoms with Crippen LogP contribution in [-0.4, -0.2) is 40.6 Å². The summed E-state index contributed by atoms with van der Waals surface area (Å²) in [6, 6.07) is 13.4. The predicted molar refractivity (Wildman–Crippen MR) is 111 cm³/mol. The van der Waals surface area contributed by atoms with Crippen LogP contribution in [0.25, 0.3) is 11.3 Å². The molecule has 1 amide bonds. The molecule has 0 radical (unpaired) electrons. The molecule has 156 valence electrons. The lowest BCUT2D eigenvalue weighted by Gasteiger charge is -2.30. The first kappa shape index (κ1) is 19.9. The van der Waals surface area contributed by atoms with Crippen molar-refractivity contribution >= 4 is 17.4 Å². The Balaban J connectivity index is 1.80. The fourth-order valence-corrected chi connectivity index (χ4v) is 3.57. The van der Waals surface area contributed by atoms with Crippen LogP contribution in [0.5, 0.6) is 5.75 Å². The Kier molecular flexibility index (Phi) is 5.39. The van der Waals surface area contributed by atoms with Gasteiger partial charge in [-0.1, -0.05) is 0 Å². The molecule has 0 fully saturated rings. The minimum absolute atomic E-state index is 0.0442. The molecule has 0 bridgehead atoms. The zero-order valence-corrected chi connectivity index (χ0v) is 16.6. The molecule has 0 spiro atoms. The minimum atomic E-state index is -0.339. The predicted octanol–water partition coefficient (Wildman–Crippen LogP) is 2.01. The number of ether oxygens (including phenoxy) is 1. The molecule has 8 nitrogen and oxygen atoms in total. The van der Waals surface area contributed by atoms with Crippen LogP contribution in [0.15, 0.2) is 48.5 Å². The lowest BCUT2D eigenvalue weighted by atomic mass is 10.1. The molecule has 9 heteroatoms. The van der Waals surface area contributed by atoms with E-state index in [1.165, 1.54) is 17.1 Å². The Bertz CT molecular complexity index is 1050. The third kappa shape index (κ3) is 3.60. The van der Waals surface area contributed by atoms with E-state index in [1.54, 1.807) is 24.1 Å². The largest absolute Gasteiger partial charge is 0.497 e. The number of fused-ring (bicyclic) bond motifs is 1. The van der Waals surface area contributed by atoms with Crippen molar-refractivity contribution in [2.75, 3.05) is 25.2 Å². The maximum absolute atomic E-state index is 13.4. The van der Waals surface area contributed by atoms with Gasteiger partial charge in [-0.25, -0.2) is 15.2 Å². The number of anilines is 2. The molecule has 0 aliphatic carbocycles. The number of benzene rings is 2. The monoisotopic (exact) mass is 410 g/mol. The summed E-state index contributed by atoms with van der Waals surface area (Å²) in [5, 5.41) is 1.50. The van der Waals surface area contributed by atoms with E-state index in [9.17, 15) is 9.18 Å². The summed E-state index contributed by atoms with van der Waals surface area (Å²) in [5.41, 5.74) is 7.66. The van der Waals surface area contributed by atoms with Crippen LogP contribution in [0.2, 0.25) is 0 Å². The highest BCUT2D eigenvalue weighted by molar-refractivity contribution is 5.80. The Hall–Kier alpha value is -3.43. The number of imidazole rings is 1. The molecule has 3 aromatic rings. The molecule has 2 heterocycles. The van der Waals surface area contributed by atoms with E-state index in [2.05, 4.69) is 0 Å². The third-order valence-corrected chi connectivity index (χ3v) is 5.17. The summed E-state index contributed by atoms with van der Waals surface area (Å²) >= 11 is 0. The van der Waals surface area contributed by atoms with Gasteiger partial charge in [-0.15, -0.1) is 0 Å². The number of nitrogens with two attached hydrogens (primary N) is 2. The Morgan fingerprint density at radius 1 is 1.17 bits per heavy atom. The van der Waals surface area contributed by atoms with Gasteiger partial charge in [0.2, 0.25) is 5.91 Å². The van der Waals surface area contributed by atoms with E-state index in [4.69, 9.17) is 21.3 Å². The first-order valence-corrected chi connectivity index (χ1v) is 9.54. The third-order valence-electron chi connectivity index (χ3n) is 5.17. The highest BCUT2D eigenvalue weighted by Crippen LogP contribution is 2.36. The van der Waals surface area contributed by atoms with E-state index < -0.39 is 0 Å². The van der Waals surface area contributed by atoms with Crippen molar-refractivity contribution in [2.24, 2.45) is 11.6 Å². The van der Waals surface area contributed by atoms with Gasteiger partial charge in [0, 0.05) is 18.7 Å². The normalized spacial score (nSPS) is 13.1. The number of carbonyl (C=O) groups excluding carboxylic acids is 1. The Morgan fingerprint density at radius 3 is 2.50 bits per heavy atom. The first-order chi connectivity index (χ1) is 14.5. The summed E-state index contributed by atoms with van der Waals surface area (Å²) in [6.07, 6.45) is 0. The van der Waals surface area contributed by atoms with E-state index in [0.717, 1.165) is 11.3 Å². The molecular weight excluding hydrogens is 387 g/mol. The van der Waals surface area contributed by atoms with E-state index in [0.29, 0.717) is 42.7 Å². The fourth-order valence-electron chi connectivity index (χ4n) is 3.57. The van der Waals surface area contributed by atoms with Crippen molar-refractivity contribution in [2.45, 2.75) is 13.1 Å². The van der Waals surface area contributed by atoms with Gasteiger partial charge >= 0.3 is 0 Å². The lowest BCUT2D eigenvalue weighted by molar-refractivity contribution is -0.131. The van der Waals surface area contributed by atoms with Crippen molar-refractivity contribution in [3.05, 3.63) is 60.2 Å². The highest BCUT2D eigenvalue weighted by Gasteiger charge is 2.28. The zero-order valence-electron chi connectivity index (χ0n) is 16.6. The highest BCUT2D eigenvalue weighted by atomic mass is 19.1. The number of nitrogens with zero attached hydrogens (tertiary/aromatic N) is 4. The molecule has 2 aromatic carbocycles. The second-order valence-electron chi connectivity index (χ2n) is 6.95. The van der Waals surface area contributed by atoms with Gasteiger partial charge in [-0.3, -0.25) is 9.80 Å². The van der Waals surface area contributed by atoms with Crippen molar-refractivity contribution < 1.29 is 13.9 Å². The maximum atomic E-state index is 13.4. The second-order valence-corrected chi connectivity index (χ2v) is 6.95. The van der Waals surface area contributed by atoms with E-state index >= 15 is 0 Å². The second kappa shape index (κ2) is 8.13. The Labute approximate surface area is 173 Å². The summed E-state index contributed by atoms with van der Waals surface area (Å²) in [7, 11) is 1.61. The number of hydrazine groups is 1. The maximum Gasteiger partial charge on any atom is 0.236 e. The van der Waals surface area contributed by atoms with E-state index in [1.807, 2.05) is 28.8 Å². The molecule has 1 aromatic heterocycles. The number of carbonyl (C=O) groups is 1. The minimum Gasteiger partial charge on any atom is -0.497 e. The van der Waals surface area contributed by atoms with Crippen LogP contribution in [0.3, 0.4) is 0 Å². The number of rotatable bonds is 5. The summed E-state index contributed by atoms with van der Waals surface area (Å²) in [5.74, 6) is 8.12. The molecular formula is C21H23FN6O2. The van der Waals surface area contributed by atoms with Crippen molar-refractivity contribution in [3.63, 3.8) is 0 Å². The summed E-state index contributed by atoms with van der Waals surface area (Å²) < 4.78 is 20.6.